The lowest BCUT2D eigenvalue weighted by molar-refractivity contribution is 0.0741. The molecule has 11 nitrogen and oxygen atoms in total. The highest BCUT2D eigenvalue weighted by Gasteiger charge is 2.30. The molecule has 38 heavy (non-hydrogen) atoms. The van der Waals surface area contributed by atoms with E-state index in [1.165, 1.54) is 35.4 Å². The molecule has 6 rings (SSSR count). The molecule has 0 aromatic carbocycles. The van der Waals surface area contributed by atoms with E-state index < -0.39 is 0 Å². The van der Waals surface area contributed by atoms with Gasteiger partial charge in [-0.15, -0.1) is 0 Å². The Kier molecular flexibility index (Phi) is 5.97. The molecule has 0 radical (unpaired) electrons. The maximum atomic E-state index is 13.3. The first kappa shape index (κ1) is 23.9. The highest BCUT2D eigenvalue weighted by molar-refractivity contribution is 7.16. The summed E-state index contributed by atoms with van der Waals surface area (Å²) in [6.45, 7) is 2.55. The molecule has 2 amide bonds. The molecule has 13 heteroatoms. The quantitative estimate of drug-likeness (QED) is 0.327. The van der Waals surface area contributed by atoms with Crippen LogP contribution in [0.15, 0.2) is 49.1 Å². The molecular weight excluding hydrogens is 528 g/mol. The third-order valence-electron chi connectivity index (χ3n) is 6.10. The van der Waals surface area contributed by atoms with Gasteiger partial charge in [-0.1, -0.05) is 22.9 Å². The van der Waals surface area contributed by atoms with Crippen LogP contribution in [0.4, 0.5) is 5.13 Å². The van der Waals surface area contributed by atoms with Crippen molar-refractivity contribution in [3.63, 3.8) is 0 Å². The van der Waals surface area contributed by atoms with E-state index in [0.717, 1.165) is 16.3 Å². The Balaban J connectivity index is 1.22. The van der Waals surface area contributed by atoms with Crippen molar-refractivity contribution >= 4 is 45.5 Å². The number of carbonyl (C=O) groups is 2. The van der Waals surface area contributed by atoms with Gasteiger partial charge in [0.25, 0.3) is 11.8 Å². The van der Waals surface area contributed by atoms with Crippen molar-refractivity contribution in [3.8, 4) is 16.9 Å². The fourth-order valence-corrected chi connectivity index (χ4v) is 5.45. The summed E-state index contributed by atoms with van der Waals surface area (Å²) in [7, 11) is 1.53. The molecule has 0 saturated carbocycles. The fourth-order valence-electron chi connectivity index (χ4n) is 4.31. The third kappa shape index (κ3) is 4.23. The van der Waals surface area contributed by atoms with Crippen molar-refractivity contribution in [3.05, 3.63) is 81.7 Å². The molecule has 0 atom stereocenters. The number of thiazole rings is 1. The third-order valence-corrected chi connectivity index (χ3v) is 7.30. The minimum Gasteiger partial charge on any atom is -0.494 e. The van der Waals surface area contributed by atoms with Gasteiger partial charge in [-0.3, -0.25) is 19.9 Å². The van der Waals surface area contributed by atoms with Crippen LogP contribution in [0, 0.1) is 6.92 Å². The Bertz CT molecular complexity index is 1710. The predicted octanol–water partition coefficient (Wildman–Crippen LogP) is 4.02. The number of rotatable bonds is 5. The molecule has 1 N–H and O–H groups in total. The van der Waals surface area contributed by atoms with Crippen molar-refractivity contribution < 1.29 is 14.3 Å². The normalized spacial score (nSPS) is 12.6. The molecule has 5 aromatic rings. The van der Waals surface area contributed by atoms with Gasteiger partial charge in [0.2, 0.25) is 0 Å². The van der Waals surface area contributed by atoms with Crippen LogP contribution < -0.4 is 10.1 Å². The molecule has 0 spiro atoms. The first-order chi connectivity index (χ1) is 18.4. The molecule has 6 heterocycles. The number of fused-ring (bicyclic) bond motifs is 2. The molecule has 0 aliphatic carbocycles. The largest absolute Gasteiger partial charge is 0.494 e. The van der Waals surface area contributed by atoms with E-state index in [4.69, 9.17) is 16.3 Å². The summed E-state index contributed by atoms with van der Waals surface area (Å²) in [5.41, 5.74) is 4.07. The number of hydrogen-bond acceptors (Lipinski definition) is 9. The number of nitrogens with zero attached hydrogens (tertiary/aromatic N) is 7. The van der Waals surface area contributed by atoms with E-state index >= 15 is 0 Å². The minimum absolute atomic E-state index is 0.169. The summed E-state index contributed by atoms with van der Waals surface area (Å²) in [6.07, 6.45) is 6.22. The molecule has 0 unspecified atom stereocenters. The lowest BCUT2D eigenvalue weighted by Crippen LogP contribution is -2.27. The zero-order valence-corrected chi connectivity index (χ0v) is 21.7. The maximum Gasteiger partial charge on any atom is 0.273 e. The van der Waals surface area contributed by atoms with Gasteiger partial charge in [0.1, 0.15) is 16.6 Å². The second-order valence-corrected chi connectivity index (χ2v) is 9.98. The number of aryl methyl sites for hydroxylation is 1. The molecule has 0 bridgehead atoms. The van der Waals surface area contributed by atoms with Crippen LogP contribution in [0.5, 0.6) is 5.75 Å². The number of hydrogen-bond donors (Lipinski definition) is 1. The van der Waals surface area contributed by atoms with Crippen LogP contribution in [0.3, 0.4) is 0 Å². The molecule has 1 aliphatic heterocycles. The molecule has 5 aromatic heterocycles. The Morgan fingerprint density at radius 2 is 1.95 bits per heavy atom. The number of pyridine rings is 2. The number of nitrogens with one attached hydrogen (secondary N) is 1. The number of methoxy groups -OCH3 is 1. The Morgan fingerprint density at radius 1 is 1.08 bits per heavy atom. The van der Waals surface area contributed by atoms with E-state index in [9.17, 15) is 9.59 Å². The van der Waals surface area contributed by atoms with Gasteiger partial charge < -0.3 is 9.64 Å². The van der Waals surface area contributed by atoms with Crippen molar-refractivity contribution in [1.29, 1.82) is 0 Å². The van der Waals surface area contributed by atoms with E-state index in [1.807, 2.05) is 6.92 Å². The zero-order chi connectivity index (χ0) is 26.4. The Morgan fingerprint density at radius 3 is 2.76 bits per heavy atom. The lowest BCUT2D eigenvalue weighted by Gasteiger charge is -2.16. The summed E-state index contributed by atoms with van der Waals surface area (Å²) < 4.78 is 6.96. The molecule has 190 valence electrons. The van der Waals surface area contributed by atoms with Gasteiger partial charge >= 0.3 is 0 Å². The topological polar surface area (TPSA) is 128 Å². The maximum absolute atomic E-state index is 13.3. The second kappa shape index (κ2) is 9.47. The van der Waals surface area contributed by atoms with E-state index in [1.54, 1.807) is 41.6 Å². The van der Waals surface area contributed by atoms with Crippen molar-refractivity contribution in [2.24, 2.45) is 0 Å². The SMILES string of the molecule is COc1cnc(Cl)cc1-c1cc(C)ncc1C(=O)Nc1nc2c(s1)CN(C(=O)c1ccnc3ccnn13)C2. The second-order valence-electron chi connectivity index (χ2n) is 8.51. The standard InChI is InChI=1S/C25H19ClN8O3S/c1-13-7-14(15-8-21(26)29-10-19(15)37-2)16(9-28-13)23(35)32-25-31-17-11-33(12-20(17)38-25)24(36)18-3-5-27-22-4-6-30-34(18)22/h3-10H,11-12H2,1-2H3,(H,31,32,35). The number of halogens is 1. The first-order valence-corrected chi connectivity index (χ1v) is 12.6. The Labute approximate surface area is 225 Å². The first-order valence-electron chi connectivity index (χ1n) is 11.5. The summed E-state index contributed by atoms with van der Waals surface area (Å²) in [5, 5.41) is 7.79. The zero-order valence-electron chi connectivity index (χ0n) is 20.2. The average molecular weight is 547 g/mol. The van der Waals surface area contributed by atoms with E-state index in [2.05, 4.69) is 30.4 Å². The van der Waals surface area contributed by atoms with Crippen LogP contribution in [0.2, 0.25) is 5.15 Å². The van der Waals surface area contributed by atoms with Crippen molar-refractivity contribution in [2.45, 2.75) is 20.0 Å². The summed E-state index contributed by atoms with van der Waals surface area (Å²) in [6, 6.07) is 6.83. The average Bonchev–Trinajstić information content (AvgIpc) is 3.63. The molecular formula is C25H19ClN8O3S. The fraction of sp³-hybridized carbons (Fsp3) is 0.160. The van der Waals surface area contributed by atoms with Crippen LogP contribution in [0.1, 0.15) is 37.1 Å². The van der Waals surface area contributed by atoms with Crippen LogP contribution in [-0.4, -0.2) is 53.4 Å². The van der Waals surface area contributed by atoms with Gasteiger partial charge in [0, 0.05) is 35.3 Å². The van der Waals surface area contributed by atoms with Crippen LogP contribution >= 0.6 is 22.9 Å². The number of carbonyl (C=O) groups excluding carboxylic acids is 2. The molecule has 0 fully saturated rings. The number of aromatic nitrogens is 6. The van der Waals surface area contributed by atoms with Crippen molar-refractivity contribution in [1.82, 2.24) is 34.4 Å². The summed E-state index contributed by atoms with van der Waals surface area (Å²) in [5.74, 6) is -0.0634. The predicted molar refractivity (Wildman–Crippen MR) is 140 cm³/mol. The smallest absolute Gasteiger partial charge is 0.273 e. The number of anilines is 1. The van der Waals surface area contributed by atoms with Gasteiger partial charge in [-0.25, -0.2) is 19.5 Å². The van der Waals surface area contributed by atoms with Gasteiger partial charge in [-0.2, -0.15) is 5.10 Å². The molecule has 1 aliphatic rings. The van der Waals surface area contributed by atoms with Crippen LogP contribution in [-0.2, 0) is 13.1 Å². The summed E-state index contributed by atoms with van der Waals surface area (Å²) in [4.78, 5) is 46.3. The number of amides is 2. The van der Waals surface area contributed by atoms with E-state index in [-0.39, 0.29) is 17.0 Å². The highest BCUT2D eigenvalue weighted by Crippen LogP contribution is 2.35. The van der Waals surface area contributed by atoms with Crippen molar-refractivity contribution in [2.75, 3.05) is 12.4 Å². The molecule has 0 saturated heterocycles. The highest BCUT2D eigenvalue weighted by atomic mass is 35.5. The monoisotopic (exact) mass is 546 g/mol. The van der Waals surface area contributed by atoms with Gasteiger partial charge in [0.15, 0.2) is 10.8 Å². The summed E-state index contributed by atoms with van der Waals surface area (Å²) >= 11 is 7.47. The van der Waals surface area contributed by atoms with Crippen LogP contribution in [0.25, 0.3) is 16.8 Å². The number of ether oxygens (including phenoxy) is 1. The van der Waals surface area contributed by atoms with Gasteiger partial charge in [0.05, 0.1) is 48.7 Å². The Hall–Kier alpha value is -4.42. The minimum atomic E-state index is -0.374. The van der Waals surface area contributed by atoms with Gasteiger partial charge in [-0.05, 0) is 25.1 Å². The lowest BCUT2D eigenvalue weighted by atomic mass is 10.0. The van der Waals surface area contributed by atoms with E-state index in [0.29, 0.717) is 52.0 Å².